The molecule has 0 aromatic rings. The summed E-state index contributed by atoms with van der Waals surface area (Å²) in [5.74, 6) is 1.73. The first kappa shape index (κ1) is 22.0. The molecular formula is C22H46N2. The van der Waals surface area contributed by atoms with Crippen LogP contribution in [-0.4, -0.2) is 46.1 Å². The smallest absolute Gasteiger partial charge is 0.0158 e. The van der Waals surface area contributed by atoms with Crippen molar-refractivity contribution in [2.75, 3.05) is 14.1 Å². The summed E-state index contributed by atoms with van der Waals surface area (Å²) >= 11 is 0. The van der Waals surface area contributed by atoms with E-state index in [1.807, 2.05) is 0 Å². The van der Waals surface area contributed by atoms with E-state index in [0.29, 0.717) is 22.2 Å². The Morgan fingerprint density at radius 2 is 0.667 bits per heavy atom. The van der Waals surface area contributed by atoms with Crippen molar-refractivity contribution in [1.82, 2.24) is 9.80 Å². The number of rotatable bonds is 0. The molecule has 0 aliphatic carbocycles. The molecule has 2 nitrogen and oxygen atoms in total. The molecule has 144 valence electrons. The summed E-state index contributed by atoms with van der Waals surface area (Å²) in [7, 11) is 4.51. The summed E-state index contributed by atoms with van der Waals surface area (Å²) in [5, 5.41) is 0. The molecule has 0 aromatic carbocycles. The topological polar surface area (TPSA) is 6.48 Å². The van der Waals surface area contributed by atoms with Crippen LogP contribution in [0.5, 0.6) is 0 Å². The van der Waals surface area contributed by atoms with Gasteiger partial charge in [-0.05, 0) is 107 Å². The van der Waals surface area contributed by atoms with Gasteiger partial charge < -0.3 is 0 Å². The Morgan fingerprint density at radius 3 is 0.833 bits per heavy atom. The van der Waals surface area contributed by atoms with Gasteiger partial charge in [-0.15, -0.1) is 0 Å². The van der Waals surface area contributed by atoms with Crippen LogP contribution in [-0.2, 0) is 0 Å². The molecule has 0 saturated carbocycles. The van der Waals surface area contributed by atoms with E-state index >= 15 is 0 Å². The summed E-state index contributed by atoms with van der Waals surface area (Å²) < 4.78 is 0. The van der Waals surface area contributed by atoms with E-state index in [2.05, 4.69) is 93.1 Å². The average Bonchev–Trinajstić information content (AvgIpc) is 2.31. The van der Waals surface area contributed by atoms with Gasteiger partial charge in [-0.3, -0.25) is 9.80 Å². The second kappa shape index (κ2) is 6.91. The fourth-order valence-electron chi connectivity index (χ4n) is 5.74. The third-order valence-electron chi connectivity index (χ3n) is 7.02. The molecule has 0 radical (unpaired) electrons. The van der Waals surface area contributed by atoms with Crippen molar-refractivity contribution in [3.05, 3.63) is 0 Å². The minimum absolute atomic E-state index is 0.376. The third kappa shape index (κ3) is 4.97. The lowest BCUT2D eigenvalue weighted by Crippen LogP contribution is -2.58. The van der Waals surface area contributed by atoms with E-state index in [9.17, 15) is 0 Å². The molecule has 0 bridgehead atoms. The van der Waals surface area contributed by atoms with Gasteiger partial charge in [0.1, 0.15) is 0 Å². The van der Waals surface area contributed by atoms with Crippen LogP contribution in [0.2, 0.25) is 0 Å². The highest BCUT2D eigenvalue weighted by molar-refractivity contribution is 4.98. The third-order valence-corrected chi connectivity index (χ3v) is 7.02. The van der Waals surface area contributed by atoms with Crippen molar-refractivity contribution in [1.29, 1.82) is 0 Å². The zero-order chi connectivity index (χ0) is 19.1. The summed E-state index contributed by atoms with van der Waals surface area (Å²) in [6.45, 7) is 23.6. The fraction of sp³-hybridized carbons (Fsp3) is 1.00. The first-order valence-electron chi connectivity index (χ1n) is 9.99. The Balaban J connectivity index is 0.000000240. The van der Waals surface area contributed by atoms with Crippen molar-refractivity contribution in [3.63, 3.8) is 0 Å². The van der Waals surface area contributed by atoms with Crippen molar-refractivity contribution >= 4 is 0 Å². The highest BCUT2D eigenvalue weighted by Gasteiger charge is 2.42. The molecule has 0 atom stereocenters. The minimum Gasteiger partial charge on any atom is -0.296 e. The van der Waals surface area contributed by atoms with Gasteiger partial charge in [0.15, 0.2) is 0 Å². The average molecular weight is 339 g/mol. The molecule has 2 aliphatic rings. The predicted molar refractivity (Wildman–Crippen MR) is 109 cm³/mol. The maximum atomic E-state index is 2.53. The molecule has 2 fully saturated rings. The van der Waals surface area contributed by atoms with Gasteiger partial charge in [0.25, 0.3) is 0 Å². The Hall–Kier alpha value is -0.0800. The maximum Gasteiger partial charge on any atom is 0.0158 e. The Kier molecular flexibility index (Phi) is 6.32. The van der Waals surface area contributed by atoms with Gasteiger partial charge in [0.2, 0.25) is 0 Å². The van der Waals surface area contributed by atoms with Gasteiger partial charge in [0, 0.05) is 22.2 Å². The fourth-order valence-corrected chi connectivity index (χ4v) is 5.74. The molecule has 0 aromatic heterocycles. The minimum atomic E-state index is 0.376. The number of piperidine rings is 2. The molecule has 2 heteroatoms. The van der Waals surface area contributed by atoms with Crippen LogP contribution in [0.3, 0.4) is 0 Å². The number of nitrogens with zero attached hydrogens (tertiary/aromatic N) is 2. The molecule has 0 unspecified atom stereocenters. The monoisotopic (exact) mass is 338 g/mol. The van der Waals surface area contributed by atoms with E-state index in [0.717, 1.165) is 11.8 Å². The lowest BCUT2D eigenvalue weighted by Gasteiger charge is -2.53. The molecule has 0 N–H and O–H groups in total. The lowest BCUT2D eigenvalue weighted by molar-refractivity contribution is -0.0258. The van der Waals surface area contributed by atoms with Crippen molar-refractivity contribution < 1.29 is 0 Å². The number of hydrogen-bond donors (Lipinski definition) is 0. The highest BCUT2D eigenvalue weighted by atomic mass is 15.2. The van der Waals surface area contributed by atoms with Gasteiger partial charge in [0.05, 0.1) is 0 Å². The normalized spacial score (nSPS) is 30.5. The zero-order valence-electron chi connectivity index (χ0n) is 18.9. The first-order chi connectivity index (χ1) is 10.5. The summed E-state index contributed by atoms with van der Waals surface area (Å²) in [6.07, 6.45) is 5.31. The maximum absolute atomic E-state index is 2.53. The van der Waals surface area contributed by atoms with Gasteiger partial charge in [-0.2, -0.15) is 0 Å². The van der Waals surface area contributed by atoms with Crippen LogP contribution in [0.1, 0.15) is 94.9 Å². The highest BCUT2D eigenvalue weighted by Crippen LogP contribution is 2.40. The van der Waals surface area contributed by atoms with E-state index in [-0.39, 0.29) is 0 Å². The van der Waals surface area contributed by atoms with Crippen LogP contribution in [0, 0.1) is 11.8 Å². The van der Waals surface area contributed by atoms with E-state index in [4.69, 9.17) is 0 Å². The molecule has 0 spiro atoms. The van der Waals surface area contributed by atoms with Crippen molar-refractivity contribution in [2.24, 2.45) is 11.8 Å². The predicted octanol–water partition coefficient (Wildman–Crippen LogP) is 5.81. The van der Waals surface area contributed by atoms with Gasteiger partial charge in [-0.25, -0.2) is 0 Å². The molecule has 2 saturated heterocycles. The van der Waals surface area contributed by atoms with Crippen molar-refractivity contribution in [3.8, 4) is 0 Å². The molecule has 24 heavy (non-hydrogen) atoms. The summed E-state index contributed by atoms with van der Waals surface area (Å²) in [5.41, 5.74) is 1.50. The zero-order valence-corrected chi connectivity index (χ0v) is 18.9. The molecular weight excluding hydrogens is 292 g/mol. The lowest BCUT2D eigenvalue weighted by atomic mass is 9.75. The standard InChI is InChI=1S/2C11H23N/c2*1-9-7-10(2,3)12(6)11(4,5)8-9/h2*9H,7-8H2,1-6H3. The van der Waals surface area contributed by atoms with E-state index in [1.54, 1.807) is 0 Å². The van der Waals surface area contributed by atoms with Gasteiger partial charge >= 0.3 is 0 Å². The van der Waals surface area contributed by atoms with Crippen molar-refractivity contribution in [2.45, 2.75) is 117 Å². The molecule has 0 amide bonds. The SMILES string of the molecule is CC1CC(C)(C)N(C)C(C)(C)C1.CC1CC(C)(C)N(C)C(C)(C)C1. The summed E-state index contributed by atoms with van der Waals surface area (Å²) in [4.78, 5) is 5.06. The van der Waals surface area contributed by atoms with Gasteiger partial charge in [-0.1, -0.05) is 13.8 Å². The number of hydrogen-bond acceptors (Lipinski definition) is 2. The molecule has 2 aliphatic heterocycles. The quantitative estimate of drug-likeness (QED) is 0.550. The van der Waals surface area contributed by atoms with Crippen LogP contribution in [0.4, 0.5) is 0 Å². The summed E-state index contributed by atoms with van der Waals surface area (Å²) in [6, 6.07) is 0. The van der Waals surface area contributed by atoms with Crippen LogP contribution < -0.4 is 0 Å². The molecule has 2 rings (SSSR count). The second-order valence-corrected chi connectivity index (χ2v) is 11.4. The Labute approximate surface area is 153 Å². The number of likely N-dealkylation sites (tertiary alicyclic amines) is 2. The van der Waals surface area contributed by atoms with E-state index < -0.39 is 0 Å². The van der Waals surface area contributed by atoms with Crippen LogP contribution in [0.15, 0.2) is 0 Å². The van der Waals surface area contributed by atoms with E-state index in [1.165, 1.54) is 25.7 Å². The van der Waals surface area contributed by atoms with Crippen LogP contribution in [0.25, 0.3) is 0 Å². The first-order valence-corrected chi connectivity index (χ1v) is 9.99. The Morgan fingerprint density at radius 1 is 0.500 bits per heavy atom. The molecule has 2 heterocycles. The van der Waals surface area contributed by atoms with Crippen LogP contribution >= 0.6 is 0 Å². The Bertz CT molecular complexity index is 344. The second-order valence-electron chi connectivity index (χ2n) is 11.4. The largest absolute Gasteiger partial charge is 0.296 e.